The lowest BCUT2D eigenvalue weighted by molar-refractivity contribution is 0.179. The summed E-state index contributed by atoms with van der Waals surface area (Å²) in [6, 6.07) is 0. The Morgan fingerprint density at radius 1 is 0.722 bits per heavy atom. The Labute approximate surface area is 115 Å². The van der Waals surface area contributed by atoms with Gasteiger partial charge >= 0.3 is 0 Å². The molecule has 2 fully saturated rings. The molecule has 4 atom stereocenters. The quantitative estimate of drug-likeness (QED) is 0.672. The van der Waals surface area contributed by atoms with Gasteiger partial charge in [0.25, 0.3) is 0 Å². The van der Waals surface area contributed by atoms with Gasteiger partial charge in [-0.1, -0.05) is 57.4 Å². The molecule has 0 bridgehead atoms. The maximum absolute atomic E-state index is 5.85. The van der Waals surface area contributed by atoms with Gasteiger partial charge in [0.1, 0.15) is 0 Å². The van der Waals surface area contributed by atoms with E-state index in [2.05, 4.69) is 41.5 Å². The van der Waals surface area contributed by atoms with Gasteiger partial charge in [-0.15, -0.1) is 0 Å². The first-order valence-corrected chi connectivity index (χ1v) is 10.1. The van der Waals surface area contributed by atoms with Crippen molar-refractivity contribution in [1.82, 2.24) is 0 Å². The molecular weight excluding hydrogens is 262 g/mol. The van der Waals surface area contributed by atoms with Crippen molar-refractivity contribution >= 4 is 15.8 Å². The van der Waals surface area contributed by atoms with Crippen molar-refractivity contribution in [3.05, 3.63) is 0 Å². The molecule has 0 aliphatic carbocycles. The van der Waals surface area contributed by atoms with Crippen LogP contribution in [0.2, 0.25) is 0 Å². The van der Waals surface area contributed by atoms with Crippen molar-refractivity contribution < 1.29 is 9.47 Å². The lowest BCUT2D eigenvalue weighted by atomic mass is 10.2. The first-order valence-electron chi connectivity index (χ1n) is 6.90. The van der Waals surface area contributed by atoms with E-state index in [0.717, 1.165) is 37.2 Å². The standard InChI is InChI=1S/C14H28O2P2/c1-13(2,3)17-9-15-7-11(17)12-8-16-10-18(12)14(4,5)6/h11-12H,7-10H2,1-6H3/t11-,12-,17-,18-/m1/s1. The van der Waals surface area contributed by atoms with Crippen molar-refractivity contribution in [3.63, 3.8) is 0 Å². The van der Waals surface area contributed by atoms with Gasteiger partial charge < -0.3 is 9.47 Å². The zero-order chi connectivity index (χ0) is 13.6. The van der Waals surface area contributed by atoms with Gasteiger partial charge in [0, 0.05) is 11.3 Å². The zero-order valence-electron chi connectivity index (χ0n) is 12.7. The number of ether oxygens (including phenoxy) is 2. The van der Waals surface area contributed by atoms with Gasteiger partial charge in [0.2, 0.25) is 0 Å². The first-order chi connectivity index (χ1) is 8.21. The summed E-state index contributed by atoms with van der Waals surface area (Å²) in [4.78, 5) is 0. The van der Waals surface area contributed by atoms with Crippen LogP contribution in [0.4, 0.5) is 0 Å². The Kier molecular flexibility index (Phi) is 4.45. The van der Waals surface area contributed by atoms with Crippen LogP contribution in [0.25, 0.3) is 0 Å². The largest absolute Gasteiger partial charge is 0.376 e. The summed E-state index contributed by atoms with van der Waals surface area (Å²) >= 11 is 0. The van der Waals surface area contributed by atoms with E-state index in [0.29, 0.717) is 10.3 Å². The van der Waals surface area contributed by atoms with Gasteiger partial charge in [0.15, 0.2) is 0 Å². The average molecular weight is 290 g/mol. The molecule has 4 heteroatoms. The van der Waals surface area contributed by atoms with Crippen LogP contribution < -0.4 is 0 Å². The highest BCUT2D eigenvalue weighted by Gasteiger charge is 2.47. The van der Waals surface area contributed by atoms with Gasteiger partial charge in [-0.3, -0.25) is 0 Å². The highest BCUT2D eigenvalue weighted by molar-refractivity contribution is 7.64. The molecule has 2 heterocycles. The third-order valence-electron chi connectivity index (χ3n) is 4.01. The van der Waals surface area contributed by atoms with Gasteiger partial charge in [-0.25, -0.2) is 0 Å². The Morgan fingerprint density at radius 2 is 1.06 bits per heavy atom. The first kappa shape index (κ1) is 15.2. The van der Waals surface area contributed by atoms with Crippen LogP contribution >= 0.6 is 15.8 Å². The lowest BCUT2D eigenvalue weighted by Gasteiger charge is -2.39. The van der Waals surface area contributed by atoms with Crippen LogP contribution in [0.5, 0.6) is 0 Å². The molecule has 0 spiro atoms. The second-order valence-corrected chi connectivity index (χ2v) is 13.8. The molecule has 0 aromatic carbocycles. The summed E-state index contributed by atoms with van der Waals surface area (Å²) in [6.45, 7) is 16.3. The molecule has 2 aliphatic heterocycles. The SMILES string of the molecule is CC(C)(C)[P@]1COC[C@@H]1[C@H]1COC[P@@]1C(C)(C)C. The predicted octanol–water partition coefficient (Wildman–Crippen LogP) is 4.26. The average Bonchev–Trinajstić information content (AvgIpc) is 2.83. The topological polar surface area (TPSA) is 18.5 Å². The van der Waals surface area contributed by atoms with Gasteiger partial charge in [-0.2, -0.15) is 0 Å². The van der Waals surface area contributed by atoms with Crippen LogP contribution in [0.1, 0.15) is 41.5 Å². The second kappa shape index (κ2) is 5.28. The summed E-state index contributed by atoms with van der Waals surface area (Å²) in [5, 5.41) is 0.829. The summed E-state index contributed by atoms with van der Waals surface area (Å²) < 4.78 is 11.7. The summed E-state index contributed by atoms with van der Waals surface area (Å²) in [5.41, 5.74) is 1.54. The third-order valence-corrected chi connectivity index (χ3v) is 11.2. The highest BCUT2D eigenvalue weighted by Crippen LogP contribution is 2.66. The summed E-state index contributed by atoms with van der Waals surface area (Å²) in [5.74, 6) is 0. The van der Waals surface area contributed by atoms with Crippen molar-refractivity contribution in [2.45, 2.75) is 63.2 Å². The fourth-order valence-corrected chi connectivity index (χ4v) is 9.23. The molecule has 2 aliphatic rings. The van der Waals surface area contributed by atoms with Crippen LogP contribution in [0.3, 0.4) is 0 Å². The Morgan fingerprint density at radius 3 is 1.33 bits per heavy atom. The molecule has 0 amide bonds. The number of hydrogen-bond acceptors (Lipinski definition) is 2. The number of hydrogen-bond donors (Lipinski definition) is 0. The molecule has 0 N–H and O–H groups in total. The zero-order valence-corrected chi connectivity index (χ0v) is 14.5. The molecule has 18 heavy (non-hydrogen) atoms. The fourth-order valence-electron chi connectivity index (χ4n) is 2.93. The monoisotopic (exact) mass is 290 g/mol. The van der Waals surface area contributed by atoms with E-state index >= 15 is 0 Å². The summed E-state index contributed by atoms with van der Waals surface area (Å²) in [7, 11) is -0.0408. The Balaban J connectivity index is 2.15. The van der Waals surface area contributed by atoms with Crippen LogP contribution in [0.15, 0.2) is 0 Å². The van der Waals surface area contributed by atoms with Crippen LogP contribution in [-0.4, -0.2) is 47.5 Å². The fraction of sp³-hybridized carbons (Fsp3) is 1.00. The van der Waals surface area contributed by atoms with E-state index < -0.39 is 0 Å². The minimum absolute atomic E-state index is 0.0204. The molecule has 0 saturated carbocycles. The highest BCUT2D eigenvalue weighted by atomic mass is 31.1. The van der Waals surface area contributed by atoms with Crippen LogP contribution in [-0.2, 0) is 9.47 Å². The lowest BCUT2D eigenvalue weighted by Crippen LogP contribution is -2.32. The van der Waals surface area contributed by atoms with Crippen molar-refractivity contribution in [2.75, 3.05) is 25.9 Å². The van der Waals surface area contributed by atoms with Gasteiger partial charge in [-0.05, 0) is 10.3 Å². The Hall–Kier alpha value is 0.780. The number of rotatable bonds is 1. The minimum atomic E-state index is -0.0204. The molecule has 0 radical (unpaired) electrons. The minimum Gasteiger partial charge on any atom is -0.376 e. The normalized spacial score (nSPS) is 38.3. The third kappa shape index (κ3) is 3.09. The Bertz CT molecular complexity index is 263. The molecule has 2 rings (SSSR count). The predicted molar refractivity (Wildman–Crippen MR) is 82.6 cm³/mol. The molecule has 0 unspecified atom stereocenters. The molecule has 106 valence electrons. The van der Waals surface area contributed by atoms with E-state index in [1.807, 2.05) is 0 Å². The maximum Gasteiger partial charge on any atom is 0.0668 e. The van der Waals surface area contributed by atoms with Crippen LogP contribution in [0, 0.1) is 0 Å². The molecule has 2 saturated heterocycles. The van der Waals surface area contributed by atoms with Crippen molar-refractivity contribution in [1.29, 1.82) is 0 Å². The van der Waals surface area contributed by atoms with Crippen molar-refractivity contribution in [3.8, 4) is 0 Å². The summed E-state index contributed by atoms with van der Waals surface area (Å²) in [6.07, 6.45) is 2.01. The van der Waals surface area contributed by atoms with E-state index in [1.54, 1.807) is 0 Å². The molecular formula is C14H28O2P2. The van der Waals surface area contributed by atoms with Gasteiger partial charge in [0.05, 0.1) is 25.9 Å². The second-order valence-electron chi connectivity index (χ2n) is 7.42. The molecule has 2 nitrogen and oxygen atoms in total. The van der Waals surface area contributed by atoms with E-state index in [-0.39, 0.29) is 15.8 Å². The molecule has 0 aromatic rings. The van der Waals surface area contributed by atoms with E-state index in [4.69, 9.17) is 9.47 Å². The van der Waals surface area contributed by atoms with E-state index in [9.17, 15) is 0 Å². The molecule has 0 aromatic heterocycles. The maximum atomic E-state index is 5.85. The smallest absolute Gasteiger partial charge is 0.0668 e. The van der Waals surface area contributed by atoms with E-state index in [1.165, 1.54) is 0 Å². The van der Waals surface area contributed by atoms with Crippen molar-refractivity contribution in [2.24, 2.45) is 0 Å².